The van der Waals surface area contributed by atoms with Gasteiger partial charge in [-0.2, -0.15) is 0 Å². The Bertz CT molecular complexity index is 3330. The Balaban J connectivity index is 1.30. The number of furan rings is 2. The highest BCUT2D eigenvalue weighted by atomic mass is 16.3. The van der Waals surface area contributed by atoms with Gasteiger partial charge in [0.25, 0.3) is 0 Å². The third-order valence-corrected chi connectivity index (χ3v) is 11.9. The van der Waals surface area contributed by atoms with Crippen molar-refractivity contribution >= 4 is 55.0 Å². The van der Waals surface area contributed by atoms with Crippen LogP contribution in [-0.2, 0) is 10.8 Å². The fourth-order valence-corrected chi connectivity index (χ4v) is 8.65. The van der Waals surface area contributed by atoms with E-state index in [1.165, 1.54) is 0 Å². The Morgan fingerprint density at radius 1 is 0.650 bits per heavy atom. The number of fused-ring (bicyclic) bond motifs is 8. The largest absolute Gasteiger partial charge is 0.507 e. The van der Waals surface area contributed by atoms with Gasteiger partial charge in [0.05, 0.1) is 27.8 Å². The van der Waals surface area contributed by atoms with Gasteiger partial charge in [0.15, 0.2) is 0 Å². The van der Waals surface area contributed by atoms with E-state index in [1.807, 2.05) is 43.5 Å². The SMILES string of the molecule is Cc1ccc2c(n1)oc1cc(-n3c(-c4cc(C(C)(C)C)cc(C(C)(C)C)c4O)nc4c5c(ccc43)oc3ccc(-c4cc(-c6ccccc6)ccn4)cc35)c(C(C)C)cc12. The molecule has 0 saturated heterocycles. The summed E-state index contributed by atoms with van der Waals surface area (Å²) in [5, 5.41) is 16.3. The van der Waals surface area contributed by atoms with Crippen molar-refractivity contribution in [2.45, 2.75) is 79.1 Å². The summed E-state index contributed by atoms with van der Waals surface area (Å²) in [5.41, 5.74) is 13.7. The van der Waals surface area contributed by atoms with Crippen molar-refractivity contribution in [2.75, 3.05) is 0 Å². The molecule has 0 bridgehead atoms. The van der Waals surface area contributed by atoms with E-state index >= 15 is 0 Å². The molecule has 5 aromatic carbocycles. The summed E-state index contributed by atoms with van der Waals surface area (Å²) in [6.45, 7) is 19.5. The molecule has 1 N–H and O–H groups in total. The fraction of sp³-hybridized carbons (Fsp3) is 0.226. The van der Waals surface area contributed by atoms with Crippen LogP contribution in [0.1, 0.15) is 83.7 Å². The summed E-state index contributed by atoms with van der Waals surface area (Å²) >= 11 is 0. The van der Waals surface area contributed by atoms with Crippen LogP contribution in [0, 0.1) is 6.92 Å². The minimum atomic E-state index is -0.339. The first-order valence-electron chi connectivity index (χ1n) is 20.8. The highest BCUT2D eigenvalue weighted by molar-refractivity contribution is 6.18. The first-order chi connectivity index (χ1) is 28.6. The van der Waals surface area contributed by atoms with E-state index in [-0.39, 0.29) is 22.5 Å². The number of aryl methyl sites for hydroxylation is 1. The lowest BCUT2D eigenvalue weighted by Crippen LogP contribution is -2.17. The molecule has 298 valence electrons. The molecule has 0 radical (unpaired) electrons. The quantitative estimate of drug-likeness (QED) is 0.187. The molecule has 0 fully saturated rings. The lowest BCUT2D eigenvalue weighted by Gasteiger charge is -2.27. The normalized spacial score (nSPS) is 12.6. The molecule has 10 aromatic rings. The average molecular weight is 789 g/mol. The van der Waals surface area contributed by atoms with Crippen molar-refractivity contribution < 1.29 is 13.9 Å². The van der Waals surface area contributed by atoms with Gasteiger partial charge in [0.1, 0.15) is 33.8 Å². The number of pyridine rings is 2. The molecule has 5 aromatic heterocycles. The molecule has 0 aliphatic carbocycles. The summed E-state index contributed by atoms with van der Waals surface area (Å²) in [4.78, 5) is 15.1. The van der Waals surface area contributed by atoms with Crippen molar-refractivity contribution in [1.82, 2.24) is 19.5 Å². The van der Waals surface area contributed by atoms with Crippen LogP contribution in [0.5, 0.6) is 5.75 Å². The molecular formula is C53H48N4O3. The van der Waals surface area contributed by atoms with Gasteiger partial charge in [-0.25, -0.2) is 9.97 Å². The zero-order valence-corrected chi connectivity index (χ0v) is 35.6. The molecule has 60 heavy (non-hydrogen) atoms. The molecule has 7 heteroatoms. The summed E-state index contributed by atoms with van der Waals surface area (Å²) in [6, 6.07) is 37.7. The standard InChI is InChI=1S/C53H48N4O3/c1-29(2)36-27-37-35-17-15-30(3)55-51(35)60-46(37)28-43(36)57-42-18-20-45-47(48(42)56-50(57)39-25-34(52(4,5)6)26-40(49(39)58)53(7,8)9)38-23-33(16-19-44(38)59-45)41-24-32(21-22-54-41)31-13-11-10-12-14-31/h10-29,58H,1-9H3. The molecule has 0 spiro atoms. The van der Waals surface area contributed by atoms with Crippen molar-refractivity contribution in [3.63, 3.8) is 0 Å². The number of hydrogen-bond donors (Lipinski definition) is 1. The number of nitrogens with zero attached hydrogens (tertiary/aromatic N) is 4. The van der Waals surface area contributed by atoms with E-state index in [9.17, 15) is 5.11 Å². The first-order valence-corrected chi connectivity index (χ1v) is 20.8. The second-order valence-electron chi connectivity index (χ2n) is 18.6. The minimum absolute atomic E-state index is 0.137. The summed E-state index contributed by atoms with van der Waals surface area (Å²) in [5.74, 6) is 1.00. The van der Waals surface area contributed by atoms with Gasteiger partial charge in [-0.15, -0.1) is 0 Å². The monoisotopic (exact) mass is 788 g/mol. The number of phenolic OH excluding ortho intramolecular Hbond substituents is 1. The Labute approximate surface area is 349 Å². The van der Waals surface area contributed by atoms with Crippen LogP contribution in [0.15, 0.2) is 124 Å². The first kappa shape index (κ1) is 37.5. The van der Waals surface area contributed by atoms with E-state index in [0.717, 1.165) is 99.8 Å². The van der Waals surface area contributed by atoms with Crippen LogP contribution in [0.4, 0.5) is 0 Å². The highest BCUT2D eigenvalue weighted by Crippen LogP contribution is 2.46. The topological polar surface area (TPSA) is 90.1 Å². The molecule has 0 saturated carbocycles. The number of hydrogen-bond acceptors (Lipinski definition) is 6. The van der Waals surface area contributed by atoms with Crippen LogP contribution < -0.4 is 0 Å². The van der Waals surface area contributed by atoms with E-state index in [0.29, 0.717) is 17.1 Å². The molecule has 5 heterocycles. The van der Waals surface area contributed by atoms with Gasteiger partial charge in [0, 0.05) is 45.2 Å². The van der Waals surface area contributed by atoms with Crippen molar-refractivity contribution in [1.29, 1.82) is 0 Å². The predicted octanol–water partition coefficient (Wildman–Crippen LogP) is 14.3. The smallest absolute Gasteiger partial charge is 0.227 e. The zero-order valence-electron chi connectivity index (χ0n) is 35.6. The van der Waals surface area contributed by atoms with E-state index in [4.69, 9.17) is 23.8 Å². The Morgan fingerprint density at radius 3 is 2.18 bits per heavy atom. The highest BCUT2D eigenvalue weighted by Gasteiger charge is 2.30. The lowest BCUT2D eigenvalue weighted by molar-refractivity contribution is 0.446. The maximum atomic E-state index is 12.4. The molecule has 0 unspecified atom stereocenters. The van der Waals surface area contributed by atoms with Gasteiger partial charge >= 0.3 is 0 Å². The Hall–Kier alpha value is -6.73. The molecular weight excluding hydrogens is 741 g/mol. The second-order valence-corrected chi connectivity index (χ2v) is 18.6. The summed E-state index contributed by atoms with van der Waals surface area (Å²) < 4.78 is 15.3. The van der Waals surface area contributed by atoms with Gasteiger partial charge in [0.2, 0.25) is 5.71 Å². The Morgan fingerprint density at radius 2 is 1.43 bits per heavy atom. The number of benzene rings is 5. The molecule has 10 rings (SSSR count). The number of phenols is 1. The van der Waals surface area contributed by atoms with Crippen LogP contribution in [0.3, 0.4) is 0 Å². The molecule has 0 amide bonds. The molecule has 0 atom stereocenters. The van der Waals surface area contributed by atoms with Crippen LogP contribution in [0.2, 0.25) is 0 Å². The molecule has 7 nitrogen and oxygen atoms in total. The van der Waals surface area contributed by atoms with Crippen LogP contribution in [-0.4, -0.2) is 24.6 Å². The average Bonchev–Trinajstić information content (AvgIpc) is 3.90. The predicted molar refractivity (Wildman–Crippen MR) is 245 cm³/mol. The number of aromatic hydroxyl groups is 1. The molecule has 0 aliphatic rings. The third kappa shape index (κ3) is 6.06. The Kier molecular flexibility index (Phi) is 8.38. The van der Waals surface area contributed by atoms with Crippen LogP contribution in [0.25, 0.3) is 94.5 Å². The number of aromatic nitrogens is 4. The minimum Gasteiger partial charge on any atom is -0.507 e. The van der Waals surface area contributed by atoms with Crippen LogP contribution >= 0.6 is 0 Å². The summed E-state index contributed by atoms with van der Waals surface area (Å²) in [7, 11) is 0. The summed E-state index contributed by atoms with van der Waals surface area (Å²) in [6.07, 6.45) is 1.87. The maximum Gasteiger partial charge on any atom is 0.227 e. The van der Waals surface area contributed by atoms with Crippen molar-refractivity contribution in [2.24, 2.45) is 0 Å². The van der Waals surface area contributed by atoms with E-state index in [1.54, 1.807) is 0 Å². The zero-order chi connectivity index (χ0) is 41.8. The number of imidazole rings is 1. The number of rotatable bonds is 5. The second kappa shape index (κ2) is 13.4. The van der Waals surface area contributed by atoms with E-state index in [2.05, 4.69) is 139 Å². The van der Waals surface area contributed by atoms with E-state index < -0.39 is 0 Å². The van der Waals surface area contributed by atoms with Gasteiger partial charge in [-0.3, -0.25) is 9.55 Å². The van der Waals surface area contributed by atoms with Crippen molar-refractivity contribution in [3.8, 4) is 45.2 Å². The van der Waals surface area contributed by atoms with Crippen molar-refractivity contribution in [3.05, 3.63) is 138 Å². The van der Waals surface area contributed by atoms with Gasteiger partial charge in [-0.1, -0.05) is 91.8 Å². The fourth-order valence-electron chi connectivity index (χ4n) is 8.65. The molecule has 0 aliphatic heterocycles. The van der Waals surface area contributed by atoms with Gasteiger partial charge in [-0.05, 0) is 113 Å². The van der Waals surface area contributed by atoms with Gasteiger partial charge < -0.3 is 13.9 Å². The lowest BCUT2D eigenvalue weighted by atomic mass is 9.79. The maximum absolute atomic E-state index is 12.4. The third-order valence-electron chi connectivity index (χ3n) is 11.9.